The van der Waals surface area contributed by atoms with Crippen molar-refractivity contribution >= 4 is 22.4 Å². The SMILES string of the molecule is Cc1n[nH]c(C)c1S(=O)(=O)NC(CN)CC(C)C.Cl. The van der Waals surface area contributed by atoms with E-state index in [0.717, 1.165) is 0 Å². The fourth-order valence-electron chi connectivity index (χ4n) is 1.98. The molecule has 1 unspecified atom stereocenters. The standard InChI is InChI=1S/C11H22N4O2S.ClH/c1-7(2)5-10(6-12)15-18(16,17)11-8(3)13-14-9(11)4;/h7,10,15H,5-6,12H2,1-4H3,(H,13,14);1H. The molecule has 1 atom stereocenters. The van der Waals surface area contributed by atoms with Gasteiger partial charge < -0.3 is 5.73 Å². The Hall–Kier alpha value is -0.630. The Morgan fingerprint density at radius 1 is 1.37 bits per heavy atom. The van der Waals surface area contributed by atoms with Crippen LogP contribution in [-0.4, -0.2) is 31.2 Å². The molecule has 0 aliphatic rings. The van der Waals surface area contributed by atoms with Crippen molar-refractivity contribution in [2.75, 3.05) is 6.54 Å². The van der Waals surface area contributed by atoms with Gasteiger partial charge in [0.2, 0.25) is 10.0 Å². The smallest absolute Gasteiger partial charge is 0.244 e. The summed E-state index contributed by atoms with van der Waals surface area (Å²) < 4.78 is 27.2. The van der Waals surface area contributed by atoms with Crippen LogP contribution in [0.2, 0.25) is 0 Å². The molecule has 0 radical (unpaired) electrons. The minimum absolute atomic E-state index is 0. The number of aromatic nitrogens is 2. The summed E-state index contributed by atoms with van der Waals surface area (Å²) >= 11 is 0. The highest BCUT2D eigenvalue weighted by molar-refractivity contribution is 7.89. The monoisotopic (exact) mass is 310 g/mol. The van der Waals surface area contributed by atoms with Crippen LogP contribution in [0.3, 0.4) is 0 Å². The van der Waals surface area contributed by atoms with E-state index in [0.29, 0.717) is 23.7 Å². The molecule has 1 heterocycles. The number of rotatable bonds is 6. The number of halogens is 1. The summed E-state index contributed by atoms with van der Waals surface area (Å²) in [5.41, 5.74) is 6.62. The maximum absolute atomic E-state index is 12.3. The van der Waals surface area contributed by atoms with E-state index in [2.05, 4.69) is 14.9 Å². The molecule has 0 spiro atoms. The fraction of sp³-hybridized carbons (Fsp3) is 0.727. The van der Waals surface area contributed by atoms with Crippen molar-refractivity contribution in [1.29, 1.82) is 0 Å². The third-order valence-corrected chi connectivity index (χ3v) is 4.47. The summed E-state index contributed by atoms with van der Waals surface area (Å²) in [6.45, 7) is 7.70. The van der Waals surface area contributed by atoms with E-state index in [9.17, 15) is 8.42 Å². The fourth-order valence-corrected chi connectivity index (χ4v) is 3.61. The second-order valence-corrected chi connectivity index (χ2v) is 6.60. The van der Waals surface area contributed by atoms with Gasteiger partial charge in [0.1, 0.15) is 4.90 Å². The van der Waals surface area contributed by atoms with Gasteiger partial charge in [-0.25, -0.2) is 13.1 Å². The van der Waals surface area contributed by atoms with Crippen LogP contribution in [0.1, 0.15) is 31.7 Å². The largest absolute Gasteiger partial charge is 0.329 e. The molecule has 0 bridgehead atoms. The van der Waals surface area contributed by atoms with Gasteiger partial charge in [-0.2, -0.15) is 5.10 Å². The van der Waals surface area contributed by atoms with Crippen molar-refractivity contribution in [3.8, 4) is 0 Å². The molecule has 0 saturated carbocycles. The van der Waals surface area contributed by atoms with Crippen LogP contribution in [0.15, 0.2) is 4.90 Å². The van der Waals surface area contributed by atoms with E-state index < -0.39 is 10.0 Å². The molecule has 8 heteroatoms. The molecular weight excluding hydrogens is 288 g/mol. The number of aromatic amines is 1. The van der Waals surface area contributed by atoms with Crippen molar-refractivity contribution < 1.29 is 8.42 Å². The summed E-state index contributed by atoms with van der Waals surface area (Å²) in [7, 11) is -3.56. The van der Waals surface area contributed by atoms with Gasteiger partial charge in [-0.3, -0.25) is 5.10 Å². The third-order valence-electron chi connectivity index (χ3n) is 2.69. The Balaban J connectivity index is 0.00000324. The quantitative estimate of drug-likeness (QED) is 0.732. The number of aryl methyl sites for hydroxylation is 2. The Kier molecular flexibility index (Phi) is 6.99. The van der Waals surface area contributed by atoms with Crippen molar-refractivity contribution in [2.24, 2.45) is 11.7 Å². The Bertz CT molecular complexity index is 479. The van der Waals surface area contributed by atoms with Gasteiger partial charge in [-0.1, -0.05) is 13.8 Å². The molecule has 19 heavy (non-hydrogen) atoms. The first-order valence-corrected chi connectivity index (χ1v) is 7.50. The van der Waals surface area contributed by atoms with E-state index in [1.54, 1.807) is 13.8 Å². The Labute approximate surface area is 121 Å². The number of nitrogens with one attached hydrogen (secondary N) is 2. The number of nitrogens with two attached hydrogens (primary N) is 1. The number of sulfonamides is 1. The molecule has 1 aromatic heterocycles. The second-order valence-electron chi connectivity index (χ2n) is 4.95. The minimum atomic E-state index is -3.56. The number of H-pyrrole nitrogens is 1. The highest BCUT2D eigenvalue weighted by Gasteiger charge is 2.25. The maximum atomic E-state index is 12.3. The molecule has 0 aliphatic heterocycles. The molecule has 4 N–H and O–H groups in total. The summed E-state index contributed by atoms with van der Waals surface area (Å²) in [5, 5.41) is 6.58. The number of hydrogen-bond acceptors (Lipinski definition) is 4. The van der Waals surface area contributed by atoms with E-state index in [1.165, 1.54) is 0 Å². The zero-order chi connectivity index (χ0) is 13.9. The van der Waals surface area contributed by atoms with Crippen LogP contribution >= 0.6 is 12.4 Å². The lowest BCUT2D eigenvalue weighted by atomic mass is 10.1. The van der Waals surface area contributed by atoms with Crippen LogP contribution in [0.5, 0.6) is 0 Å². The van der Waals surface area contributed by atoms with E-state index in [-0.39, 0.29) is 29.9 Å². The van der Waals surface area contributed by atoms with Gasteiger partial charge in [0.15, 0.2) is 0 Å². The first kappa shape index (κ1) is 18.4. The molecule has 0 aliphatic carbocycles. The number of hydrogen-bond donors (Lipinski definition) is 3. The van der Waals surface area contributed by atoms with Crippen molar-refractivity contribution in [3.63, 3.8) is 0 Å². The summed E-state index contributed by atoms with van der Waals surface area (Å²) in [4.78, 5) is 0.227. The summed E-state index contributed by atoms with van der Waals surface area (Å²) in [6.07, 6.45) is 0.714. The highest BCUT2D eigenvalue weighted by Crippen LogP contribution is 2.17. The van der Waals surface area contributed by atoms with Crippen molar-refractivity contribution in [1.82, 2.24) is 14.9 Å². The maximum Gasteiger partial charge on any atom is 0.244 e. The number of nitrogens with zero attached hydrogens (tertiary/aromatic N) is 1. The molecule has 0 saturated heterocycles. The minimum Gasteiger partial charge on any atom is -0.329 e. The van der Waals surface area contributed by atoms with Crippen molar-refractivity contribution in [3.05, 3.63) is 11.4 Å². The molecule has 0 aromatic carbocycles. The van der Waals surface area contributed by atoms with E-state index in [1.807, 2.05) is 13.8 Å². The van der Waals surface area contributed by atoms with Crippen LogP contribution in [0, 0.1) is 19.8 Å². The highest BCUT2D eigenvalue weighted by atomic mass is 35.5. The lowest BCUT2D eigenvalue weighted by molar-refractivity contribution is 0.465. The zero-order valence-electron chi connectivity index (χ0n) is 11.7. The summed E-state index contributed by atoms with van der Waals surface area (Å²) in [6, 6.07) is -0.247. The van der Waals surface area contributed by atoms with Crippen LogP contribution in [0.25, 0.3) is 0 Å². The first-order valence-electron chi connectivity index (χ1n) is 6.02. The second kappa shape index (κ2) is 7.23. The topological polar surface area (TPSA) is 101 Å². The Morgan fingerprint density at radius 3 is 2.32 bits per heavy atom. The van der Waals surface area contributed by atoms with E-state index in [4.69, 9.17) is 5.73 Å². The third kappa shape index (κ3) is 4.76. The van der Waals surface area contributed by atoms with Gasteiger partial charge in [0.25, 0.3) is 0 Å². The zero-order valence-corrected chi connectivity index (χ0v) is 13.4. The molecule has 0 fully saturated rings. The molecule has 0 amide bonds. The molecular formula is C11H23ClN4O2S. The van der Waals surface area contributed by atoms with Gasteiger partial charge in [0.05, 0.1) is 11.4 Å². The average Bonchev–Trinajstić information content (AvgIpc) is 2.56. The predicted octanol–water partition coefficient (Wildman–Crippen LogP) is 1.10. The van der Waals surface area contributed by atoms with Crippen LogP contribution in [0.4, 0.5) is 0 Å². The molecule has 1 aromatic rings. The summed E-state index contributed by atoms with van der Waals surface area (Å²) in [5.74, 6) is 0.382. The van der Waals surface area contributed by atoms with E-state index >= 15 is 0 Å². The first-order chi connectivity index (χ1) is 8.27. The molecule has 1 rings (SSSR count). The normalized spacial score (nSPS) is 13.4. The lowest BCUT2D eigenvalue weighted by Gasteiger charge is -2.18. The van der Waals surface area contributed by atoms with Gasteiger partial charge in [-0.05, 0) is 26.2 Å². The van der Waals surface area contributed by atoms with Crippen molar-refractivity contribution in [2.45, 2.75) is 45.1 Å². The van der Waals surface area contributed by atoms with Crippen LogP contribution in [-0.2, 0) is 10.0 Å². The molecule has 112 valence electrons. The van der Waals surface area contributed by atoms with Crippen LogP contribution < -0.4 is 10.5 Å². The van der Waals surface area contributed by atoms with Gasteiger partial charge in [0, 0.05) is 12.6 Å². The predicted molar refractivity (Wildman–Crippen MR) is 77.9 cm³/mol. The Morgan fingerprint density at radius 2 is 1.95 bits per heavy atom. The van der Waals surface area contributed by atoms with Gasteiger partial charge >= 0.3 is 0 Å². The lowest BCUT2D eigenvalue weighted by Crippen LogP contribution is -2.41. The molecule has 6 nitrogen and oxygen atoms in total. The van der Waals surface area contributed by atoms with Gasteiger partial charge in [-0.15, -0.1) is 12.4 Å². The average molecular weight is 311 g/mol.